The number of halogens is 39. The van der Waals surface area contributed by atoms with Gasteiger partial charge in [0.15, 0.2) is 29.3 Å². The maximum absolute atomic E-state index is 14.6. The molecule has 0 spiro atoms. The van der Waals surface area contributed by atoms with E-state index in [1.165, 1.54) is 6.92 Å². The van der Waals surface area contributed by atoms with Crippen LogP contribution in [-0.2, 0) is 18.1 Å². The minimum atomic E-state index is -8.49. The first-order chi connectivity index (χ1) is 34.3. The fraction of sp³-hybridized carbons (Fsp3) is 0.969. The van der Waals surface area contributed by atoms with E-state index >= 15 is 0 Å². The number of oxime groups is 1. The van der Waals surface area contributed by atoms with Gasteiger partial charge in [-0.2, -0.15) is 171 Å². The summed E-state index contributed by atoms with van der Waals surface area (Å²) in [5.41, 5.74) is -3.56. The van der Waals surface area contributed by atoms with Crippen molar-refractivity contribution in [2.24, 2.45) is 5.16 Å². The van der Waals surface area contributed by atoms with Crippen LogP contribution in [0.25, 0.3) is 0 Å². The van der Waals surface area contributed by atoms with Gasteiger partial charge >= 0.3 is 107 Å². The van der Waals surface area contributed by atoms with Crippen molar-refractivity contribution in [3.05, 3.63) is 0 Å². The van der Waals surface area contributed by atoms with Gasteiger partial charge in [-0.15, -0.1) is 0 Å². The van der Waals surface area contributed by atoms with Gasteiger partial charge in [-0.25, -0.2) is 0 Å². The Labute approximate surface area is 419 Å². The Morgan fingerprint density at radius 2 is 0.582 bits per heavy atom. The van der Waals surface area contributed by atoms with E-state index in [0.717, 1.165) is 0 Å². The van der Waals surface area contributed by atoms with E-state index in [1.807, 2.05) is 0 Å². The molecule has 79 heavy (non-hydrogen) atoms. The maximum Gasteiger partial charge on any atom is 0.460 e. The van der Waals surface area contributed by atoms with E-state index < -0.39 is 204 Å². The number of rotatable bonds is 30. The van der Waals surface area contributed by atoms with Gasteiger partial charge in [0, 0.05) is 25.7 Å². The van der Waals surface area contributed by atoms with Crippen molar-refractivity contribution in [1.82, 2.24) is 0 Å². The quantitative estimate of drug-likeness (QED) is 0.0311. The molecule has 1 aliphatic rings. The van der Waals surface area contributed by atoms with E-state index in [9.17, 15) is 171 Å². The summed E-state index contributed by atoms with van der Waals surface area (Å²) in [6.45, 7) is 1.61. The predicted molar refractivity (Wildman–Crippen MR) is 189 cm³/mol. The minimum absolute atomic E-state index is 0.113. The molecule has 0 radical (unpaired) electrons. The van der Waals surface area contributed by atoms with Crippen LogP contribution in [0.1, 0.15) is 52.4 Å². The first-order valence-electron chi connectivity index (χ1n) is 20.3. The van der Waals surface area contributed by atoms with Gasteiger partial charge in [0.2, 0.25) is 5.60 Å². The van der Waals surface area contributed by atoms with E-state index in [4.69, 9.17) is 18.1 Å². The molecule has 5 nitrogen and oxygen atoms in total. The molecule has 472 valence electrons. The van der Waals surface area contributed by atoms with Crippen molar-refractivity contribution in [3.8, 4) is 0 Å². The molecule has 0 aromatic carbocycles. The van der Waals surface area contributed by atoms with E-state index in [-0.39, 0.29) is 6.42 Å². The zero-order valence-corrected chi connectivity index (χ0v) is 42.0. The van der Waals surface area contributed by atoms with Crippen LogP contribution in [-0.4, -0.2) is 154 Å². The Hall–Kier alpha value is -2.73. The predicted octanol–water partition coefficient (Wildman–Crippen LogP) is 13.9. The Balaban J connectivity index is 3.96. The second-order valence-electron chi connectivity index (χ2n) is 16.8. The number of alkyl halides is 39. The van der Waals surface area contributed by atoms with Gasteiger partial charge in [-0.1, -0.05) is 18.5 Å². The van der Waals surface area contributed by atoms with Crippen LogP contribution in [0.15, 0.2) is 5.16 Å². The third kappa shape index (κ3) is 12.2. The molecule has 0 N–H and O–H groups in total. The summed E-state index contributed by atoms with van der Waals surface area (Å²) in [5, 5.41) is 3.28. The van der Waals surface area contributed by atoms with Gasteiger partial charge in [-0.05, 0) is 31.5 Å². The summed E-state index contributed by atoms with van der Waals surface area (Å²) < 4.78 is 548. The lowest BCUT2D eigenvalue weighted by molar-refractivity contribution is -0.440. The van der Waals surface area contributed by atoms with Crippen LogP contribution in [0.3, 0.4) is 0 Å². The normalized spacial score (nSPS) is 19.9. The third-order valence-electron chi connectivity index (χ3n) is 10.9. The van der Waals surface area contributed by atoms with Gasteiger partial charge in [0.1, 0.15) is 0 Å². The zero-order valence-electron chi connectivity index (χ0n) is 37.8. The molecule has 0 aromatic rings. The molecule has 0 bridgehead atoms. The summed E-state index contributed by atoms with van der Waals surface area (Å²) in [6, 6.07) is -6.66. The second-order valence-corrected chi connectivity index (χ2v) is 21.0. The van der Waals surface area contributed by atoms with Crippen molar-refractivity contribution >= 4 is 35.0 Å². The average molecular weight is 1320 g/mol. The molecule has 47 heteroatoms. The van der Waals surface area contributed by atoms with Gasteiger partial charge in [0.25, 0.3) is 5.97 Å². The standard InChI is InChI=1S/C32H30F39NO4Si3/c1-3-4-12-11-13(2,73-72-12)32(74-77-8-5-14(33,34)17(39,40)20(45,46)23(51,52)26(57,58)29(63,64)65,75-78-9-6-15(35,36)18(41,42)21(47,48)24(53,54)27(59,60)30(66,67)68)76-79-10-7-16(37,38)19(43,44)22(49,50)25(55,56)28(61,62)31(69,70)71/h3-11,77-79H2,1-2H3. The average Bonchev–Trinajstić information content (AvgIpc) is 3.64. The first kappa shape index (κ1) is 74.3. The van der Waals surface area contributed by atoms with Crippen molar-refractivity contribution < 1.29 is 189 Å². The van der Waals surface area contributed by atoms with Gasteiger partial charge < -0.3 is 18.1 Å². The summed E-state index contributed by atoms with van der Waals surface area (Å²) in [5.74, 6) is -125. The van der Waals surface area contributed by atoms with Crippen molar-refractivity contribution in [1.29, 1.82) is 0 Å². The zero-order chi connectivity index (χ0) is 63.6. The Bertz CT molecular complexity index is 1890. The van der Waals surface area contributed by atoms with Crippen LogP contribution in [0.4, 0.5) is 171 Å². The lowest BCUT2D eigenvalue weighted by atomic mass is 9.93. The molecule has 0 aliphatic carbocycles. The number of hydrogen-bond donors (Lipinski definition) is 0. The molecule has 1 heterocycles. The highest BCUT2D eigenvalue weighted by molar-refractivity contribution is 6.30. The van der Waals surface area contributed by atoms with Crippen molar-refractivity contribution in [2.75, 3.05) is 0 Å². The molecule has 1 aliphatic heterocycles. The highest BCUT2D eigenvalue weighted by Crippen LogP contribution is 2.64. The smallest absolute Gasteiger partial charge is 0.381 e. The second kappa shape index (κ2) is 22.0. The van der Waals surface area contributed by atoms with Crippen LogP contribution in [0.5, 0.6) is 0 Å². The summed E-state index contributed by atoms with van der Waals surface area (Å²) >= 11 is 0. The molecule has 0 aromatic heterocycles. The van der Waals surface area contributed by atoms with Crippen molar-refractivity contribution in [3.63, 3.8) is 0 Å². The fourth-order valence-corrected chi connectivity index (χ4v) is 11.1. The molecule has 0 saturated carbocycles. The monoisotopic (exact) mass is 1320 g/mol. The van der Waals surface area contributed by atoms with E-state index in [2.05, 4.69) is 5.16 Å². The van der Waals surface area contributed by atoms with Crippen molar-refractivity contribution in [2.45, 2.75) is 189 Å². The van der Waals surface area contributed by atoms with Gasteiger partial charge in [-0.3, -0.25) is 0 Å². The van der Waals surface area contributed by atoms with Crippen LogP contribution < -0.4 is 0 Å². The lowest BCUT2D eigenvalue weighted by Gasteiger charge is -2.44. The summed E-state index contributed by atoms with van der Waals surface area (Å²) in [4.78, 5) is 4.89. The molecule has 1 atom stereocenters. The van der Waals surface area contributed by atoms with Crippen LogP contribution in [0.2, 0.25) is 18.1 Å². The summed E-state index contributed by atoms with van der Waals surface area (Å²) in [6.07, 6.45) is -35.1. The molecule has 0 saturated heterocycles. The van der Waals surface area contributed by atoms with Crippen LogP contribution >= 0.6 is 0 Å². The highest BCUT2D eigenvalue weighted by atomic mass is 28.2. The molecule has 0 amide bonds. The Morgan fingerprint density at radius 1 is 0.367 bits per heavy atom. The van der Waals surface area contributed by atoms with E-state index in [0.29, 0.717) is 6.92 Å². The maximum atomic E-state index is 14.6. The Morgan fingerprint density at radius 3 is 0.785 bits per heavy atom. The lowest BCUT2D eigenvalue weighted by Crippen LogP contribution is -2.70. The largest absolute Gasteiger partial charge is 0.460 e. The highest BCUT2D eigenvalue weighted by Gasteiger charge is 2.93. The molecule has 1 unspecified atom stereocenters. The first-order valence-corrected chi connectivity index (χ1v) is 25.0. The number of hydrogen-bond acceptors (Lipinski definition) is 5. The molecular weight excluding hydrogens is 1290 g/mol. The summed E-state index contributed by atoms with van der Waals surface area (Å²) in [7, 11) is -11.9. The third-order valence-corrected chi connectivity index (χ3v) is 14.6. The molecular formula is C32H30F39NO4Si3. The molecule has 1 rings (SSSR count). The number of nitrogens with zero attached hydrogens (tertiary/aromatic N) is 1. The van der Waals surface area contributed by atoms with Gasteiger partial charge in [0.05, 0.1) is 5.71 Å². The van der Waals surface area contributed by atoms with E-state index in [1.54, 1.807) is 0 Å². The molecule has 0 fully saturated rings. The Kier molecular flexibility index (Phi) is 20.7. The minimum Gasteiger partial charge on any atom is -0.381 e. The topological polar surface area (TPSA) is 49.3 Å². The SMILES string of the molecule is CCCC1=NOC(C)(C(O[SiH2]CCC(F)(F)C(F)(F)C(F)(F)C(F)(F)C(F)(F)C(F)(F)F)(O[SiH2]CCC(F)(F)C(F)(F)C(F)(F)C(F)(F)C(F)(F)C(F)(F)F)O[SiH2]CCC(F)(F)C(F)(F)C(F)(F)C(F)(F)C(F)(F)C(F)(F)F)C1. The fourth-order valence-electron chi connectivity index (χ4n) is 6.17. The van der Waals surface area contributed by atoms with Crippen LogP contribution in [0, 0.1) is 0 Å².